The van der Waals surface area contributed by atoms with Crippen LogP contribution in [-0.2, 0) is 14.3 Å². The number of hydrogen-bond acceptors (Lipinski definition) is 6. The number of ether oxygens (including phenoxy) is 1. The lowest BCUT2D eigenvalue weighted by Crippen LogP contribution is -2.49. The average Bonchev–Trinajstić information content (AvgIpc) is 3.48. The van der Waals surface area contributed by atoms with Gasteiger partial charge >= 0.3 is 0 Å². The molecule has 3 amide bonds. The van der Waals surface area contributed by atoms with Crippen molar-refractivity contribution in [3.8, 4) is 0 Å². The Kier molecular flexibility index (Phi) is 7.04. The Morgan fingerprint density at radius 3 is 2.75 bits per heavy atom. The van der Waals surface area contributed by atoms with E-state index in [9.17, 15) is 18.8 Å². The molecule has 170 valence electrons. The van der Waals surface area contributed by atoms with E-state index in [1.165, 1.54) is 17.0 Å². The van der Waals surface area contributed by atoms with Gasteiger partial charge in [-0.05, 0) is 43.2 Å². The Labute approximate surface area is 193 Å². The number of hydrogen-bond donors (Lipinski definition) is 3. The number of rotatable bonds is 8. The molecule has 2 heterocycles. The fourth-order valence-corrected chi connectivity index (χ4v) is 4.25. The van der Waals surface area contributed by atoms with E-state index in [0.717, 1.165) is 24.2 Å². The zero-order valence-corrected chi connectivity index (χ0v) is 18.6. The Hall–Kier alpha value is -2.53. The summed E-state index contributed by atoms with van der Waals surface area (Å²) in [5.74, 6) is -1.64. The van der Waals surface area contributed by atoms with Gasteiger partial charge in [-0.1, -0.05) is 11.6 Å². The van der Waals surface area contributed by atoms with Crippen molar-refractivity contribution in [2.45, 2.75) is 24.9 Å². The van der Waals surface area contributed by atoms with Crippen molar-refractivity contribution < 1.29 is 23.5 Å². The van der Waals surface area contributed by atoms with Crippen molar-refractivity contribution in [1.82, 2.24) is 10.6 Å². The number of anilines is 2. The number of nitrogens with one attached hydrogen (secondary N) is 3. The molecule has 1 aliphatic heterocycles. The standard InChI is InChI=1S/C21H22ClFN4O4S/c22-18-6-5-17(32-18)21(30)24-10-15(25-12-1-2-12)20(29)26-13-3-4-16(14(23)9-13)27-7-8-31-11-19(27)28/h3-6,9,12,15,25H,1-2,7-8,10-11H2,(H,24,30)(H,26,29)/t15-/m1/s1. The second-order valence-corrected chi connectivity index (χ2v) is 9.28. The molecule has 2 aliphatic rings. The summed E-state index contributed by atoms with van der Waals surface area (Å²) in [6.07, 6.45) is 1.91. The van der Waals surface area contributed by atoms with Crippen molar-refractivity contribution in [1.29, 1.82) is 0 Å². The largest absolute Gasteiger partial charge is 0.370 e. The summed E-state index contributed by atoms with van der Waals surface area (Å²) in [4.78, 5) is 38.9. The average molecular weight is 481 g/mol. The topological polar surface area (TPSA) is 99.8 Å². The molecule has 1 saturated heterocycles. The van der Waals surface area contributed by atoms with E-state index >= 15 is 0 Å². The van der Waals surface area contributed by atoms with Crippen LogP contribution in [0.2, 0.25) is 4.34 Å². The Bertz CT molecular complexity index is 1030. The van der Waals surface area contributed by atoms with E-state index in [2.05, 4.69) is 16.0 Å². The van der Waals surface area contributed by atoms with Crippen LogP contribution >= 0.6 is 22.9 Å². The lowest BCUT2D eigenvalue weighted by Gasteiger charge is -2.27. The molecule has 1 aromatic heterocycles. The van der Waals surface area contributed by atoms with Crippen molar-refractivity contribution >= 4 is 52.0 Å². The van der Waals surface area contributed by atoms with Gasteiger partial charge in [0, 0.05) is 24.8 Å². The molecular formula is C21H22ClFN4O4S. The summed E-state index contributed by atoms with van der Waals surface area (Å²) in [6.45, 7) is 0.584. The molecule has 1 saturated carbocycles. The minimum absolute atomic E-state index is 0.0690. The monoisotopic (exact) mass is 480 g/mol. The third-order valence-electron chi connectivity index (χ3n) is 5.09. The third kappa shape index (κ3) is 5.63. The second-order valence-electron chi connectivity index (χ2n) is 7.56. The van der Waals surface area contributed by atoms with Crippen molar-refractivity contribution in [3.63, 3.8) is 0 Å². The van der Waals surface area contributed by atoms with E-state index < -0.39 is 17.8 Å². The molecule has 1 atom stereocenters. The number of amides is 3. The summed E-state index contributed by atoms with van der Waals surface area (Å²) in [5.41, 5.74) is 0.404. The zero-order valence-electron chi connectivity index (χ0n) is 17.0. The first-order chi connectivity index (χ1) is 15.4. The van der Waals surface area contributed by atoms with Gasteiger partial charge in [0.15, 0.2) is 0 Å². The highest BCUT2D eigenvalue weighted by Crippen LogP contribution is 2.25. The molecule has 2 fully saturated rings. The van der Waals surface area contributed by atoms with Gasteiger partial charge in [-0.15, -0.1) is 11.3 Å². The van der Waals surface area contributed by atoms with Crippen LogP contribution in [0.25, 0.3) is 0 Å². The van der Waals surface area contributed by atoms with E-state index in [-0.39, 0.29) is 48.9 Å². The highest BCUT2D eigenvalue weighted by Gasteiger charge is 2.29. The molecule has 1 aliphatic carbocycles. The Morgan fingerprint density at radius 2 is 2.09 bits per heavy atom. The number of morpholine rings is 1. The Morgan fingerprint density at radius 1 is 1.28 bits per heavy atom. The summed E-state index contributed by atoms with van der Waals surface area (Å²) >= 11 is 7.02. The van der Waals surface area contributed by atoms with E-state index in [4.69, 9.17) is 16.3 Å². The first kappa shape index (κ1) is 22.7. The molecule has 11 heteroatoms. The smallest absolute Gasteiger partial charge is 0.261 e. The van der Waals surface area contributed by atoms with Crippen molar-refractivity contribution in [3.05, 3.63) is 45.4 Å². The van der Waals surface area contributed by atoms with Gasteiger partial charge in [0.25, 0.3) is 11.8 Å². The predicted octanol–water partition coefficient (Wildman–Crippen LogP) is 2.39. The fourth-order valence-electron chi connectivity index (χ4n) is 3.29. The van der Waals surface area contributed by atoms with Crippen molar-refractivity contribution in [2.75, 3.05) is 36.5 Å². The number of nitrogens with zero attached hydrogens (tertiary/aromatic N) is 1. The quantitative estimate of drug-likeness (QED) is 0.538. The van der Waals surface area contributed by atoms with Crippen LogP contribution < -0.4 is 20.9 Å². The highest BCUT2D eigenvalue weighted by atomic mass is 35.5. The van der Waals surface area contributed by atoms with E-state index in [0.29, 0.717) is 15.8 Å². The summed E-state index contributed by atoms with van der Waals surface area (Å²) < 4.78 is 20.2. The van der Waals surface area contributed by atoms with Gasteiger partial charge in [-0.2, -0.15) is 0 Å². The van der Waals surface area contributed by atoms with E-state index in [1.807, 2.05) is 0 Å². The molecular weight excluding hydrogens is 459 g/mol. The number of carbonyl (C=O) groups is 3. The number of benzene rings is 1. The predicted molar refractivity (Wildman–Crippen MR) is 120 cm³/mol. The summed E-state index contributed by atoms with van der Waals surface area (Å²) in [7, 11) is 0. The lowest BCUT2D eigenvalue weighted by atomic mass is 10.2. The fraction of sp³-hybridized carbons (Fsp3) is 0.381. The SMILES string of the molecule is O=C(NC[C@@H](NC1CC1)C(=O)Nc1ccc(N2CCOCC2=O)c(F)c1)c1ccc(Cl)s1. The molecule has 8 nitrogen and oxygen atoms in total. The molecule has 0 radical (unpaired) electrons. The maximum atomic E-state index is 14.7. The van der Waals surface area contributed by atoms with Crippen molar-refractivity contribution in [2.24, 2.45) is 0 Å². The summed E-state index contributed by atoms with van der Waals surface area (Å²) in [6, 6.07) is 6.96. The van der Waals surface area contributed by atoms with Crippen LogP contribution in [0.3, 0.4) is 0 Å². The van der Waals surface area contributed by atoms with Gasteiger partial charge in [0.05, 0.1) is 21.5 Å². The van der Waals surface area contributed by atoms with Crippen LogP contribution in [0.4, 0.5) is 15.8 Å². The second kappa shape index (κ2) is 9.95. The highest BCUT2D eigenvalue weighted by molar-refractivity contribution is 7.18. The van der Waals surface area contributed by atoms with Gasteiger partial charge in [0.1, 0.15) is 18.5 Å². The van der Waals surface area contributed by atoms with Crippen LogP contribution in [0.1, 0.15) is 22.5 Å². The number of carbonyl (C=O) groups excluding carboxylic acids is 3. The molecule has 0 spiro atoms. The normalized spacial score (nSPS) is 17.2. The van der Waals surface area contributed by atoms with Crippen LogP contribution in [0, 0.1) is 5.82 Å². The lowest BCUT2D eigenvalue weighted by molar-refractivity contribution is -0.125. The minimum atomic E-state index is -0.689. The minimum Gasteiger partial charge on any atom is -0.370 e. The molecule has 0 bridgehead atoms. The summed E-state index contributed by atoms with van der Waals surface area (Å²) in [5, 5.41) is 8.62. The van der Waals surface area contributed by atoms with Crippen LogP contribution in [-0.4, -0.2) is 56.1 Å². The molecule has 0 unspecified atom stereocenters. The van der Waals surface area contributed by atoms with Gasteiger partial charge in [0.2, 0.25) is 5.91 Å². The molecule has 1 aromatic carbocycles. The number of thiophene rings is 1. The van der Waals surface area contributed by atoms with Gasteiger partial charge in [-0.25, -0.2) is 4.39 Å². The maximum absolute atomic E-state index is 14.7. The number of halogens is 2. The maximum Gasteiger partial charge on any atom is 0.261 e. The first-order valence-electron chi connectivity index (χ1n) is 10.2. The van der Waals surface area contributed by atoms with Gasteiger partial charge < -0.3 is 25.6 Å². The molecule has 2 aromatic rings. The molecule has 32 heavy (non-hydrogen) atoms. The zero-order chi connectivity index (χ0) is 22.7. The van der Waals surface area contributed by atoms with Crippen LogP contribution in [0.5, 0.6) is 0 Å². The van der Waals surface area contributed by atoms with Crippen LogP contribution in [0.15, 0.2) is 30.3 Å². The Balaban J connectivity index is 1.39. The molecule has 3 N–H and O–H groups in total. The third-order valence-corrected chi connectivity index (χ3v) is 6.32. The van der Waals surface area contributed by atoms with Gasteiger partial charge in [-0.3, -0.25) is 14.4 Å². The first-order valence-corrected chi connectivity index (χ1v) is 11.4. The van der Waals surface area contributed by atoms with E-state index in [1.54, 1.807) is 18.2 Å². The molecule has 4 rings (SSSR count).